The quantitative estimate of drug-likeness (QED) is 0.624. The predicted octanol–water partition coefficient (Wildman–Crippen LogP) is 3.14. The van der Waals surface area contributed by atoms with E-state index in [1.807, 2.05) is 0 Å². The van der Waals surface area contributed by atoms with Crippen molar-refractivity contribution in [1.29, 1.82) is 0 Å². The normalized spacial score (nSPS) is 11.0. The summed E-state index contributed by atoms with van der Waals surface area (Å²) in [6.07, 6.45) is 0.194. The maximum atomic E-state index is 12.5. The first kappa shape index (κ1) is 20.9. The van der Waals surface area contributed by atoms with Crippen molar-refractivity contribution in [2.45, 2.75) is 25.8 Å². The number of methoxy groups -OCH3 is 1. The lowest BCUT2D eigenvalue weighted by Gasteiger charge is -2.23. The molecule has 2 aromatic rings. The maximum absolute atomic E-state index is 12.5. The molecule has 0 aliphatic heterocycles. The molecular formula is C20H23BrN2O4. The molecule has 0 bridgehead atoms. The molecule has 0 spiro atoms. The van der Waals surface area contributed by atoms with Crippen LogP contribution in [-0.4, -0.2) is 36.2 Å². The van der Waals surface area contributed by atoms with Gasteiger partial charge in [-0.1, -0.05) is 12.1 Å². The minimum Gasteiger partial charge on any atom is -0.497 e. The number of rotatable bonds is 7. The number of carbonyl (C=O) groups is 2. The first-order valence-corrected chi connectivity index (χ1v) is 9.19. The van der Waals surface area contributed by atoms with Gasteiger partial charge in [-0.25, -0.2) is 0 Å². The Bertz CT molecular complexity index is 819. The summed E-state index contributed by atoms with van der Waals surface area (Å²) in [6.45, 7) is 3.37. The molecule has 2 rings (SSSR count). The van der Waals surface area contributed by atoms with Gasteiger partial charge < -0.3 is 20.5 Å². The van der Waals surface area contributed by atoms with E-state index in [0.29, 0.717) is 21.5 Å². The fraction of sp³-hybridized carbons (Fsp3) is 0.300. The third kappa shape index (κ3) is 6.08. The molecule has 7 heteroatoms. The van der Waals surface area contributed by atoms with Crippen LogP contribution in [0.2, 0.25) is 0 Å². The van der Waals surface area contributed by atoms with Gasteiger partial charge >= 0.3 is 0 Å². The zero-order valence-corrected chi connectivity index (χ0v) is 17.1. The number of hydrogen-bond donors (Lipinski definition) is 3. The molecule has 0 aromatic heterocycles. The molecule has 0 saturated heterocycles. The number of ether oxygens (including phenoxy) is 1. The van der Waals surface area contributed by atoms with Crippen molar-refractivity contribution in [2.75, 3.05) is 19.0 Å². The third-order valence-corrected chi connectivity index (χ3v) is 4.56. The van der Waals surface area contributed by atoms with Gasteiger partial charge in [0, 0.05) is 10.2 Å². The van der Waals surface area contributed by atoms with Crippen LogP contribution in [0, 0.1) is 0 Å². The number of benzene rings is 2. The first-order valence-electron chi connectivity index (χ1n) is 8.40. The number of halogens is 1. The van der Waals surface area contributed by atoms with Crippen LogP contribution in [0.1, 0.15) is 29.8 Å². The van der Waals surface area contributed by atoms with Crippen molar-refractivity contribution in [3.8, 4) is 5.75 Å². The van der Waals surface area contributed by atoms with E-state index in [4.69, 9.17) is 4.74 Å². The van der Waals surface area contributed by atoms with E-state index in [1.165, 1.54) is 0 Å². The van der Waals surface area contributed by atoms with Crippen LogP contribution in [0.15, 0.2) is 46.9 Å². The SMILES string of the molecule is COc1ccc(Br)c(C(=O)Nc2ccc(CC(=O)NC(C)(C)CO)cc2)c1. The summed E-state index contributed by atoms with van der Waals surface area (Å²) in [4.78, 5) is 24.5. The molecule has 144 valence electrons. The van der Waals surface area contributed by atoms with Gasteiger partial charge in [-0.3, -0.25) is 9.59 Å². The van der Waals surface area contributed by atoms with Gasteiger partial charge in [0.25, 0.3) is 5.91 Å². The van der Waals surface area contributed by atoms with Gasteiger partial charge in [0.2, 0.25) is 5.91 Å². The Hall–Kier alpha value is -2.38. The average molecular weight is 435 g/mol. The molecule has 3 N–H and O–H groups in total. The lowest BCUT2D eigenvalue weighted by atomic mass is 10.1. The summed E-state index contributed by atoms with van der Waals surface area (Å²) < 4.78 is 5.82. The minimum atomic E-state index is -0.658. The minimum absolute atomic E-state index is 0.135. The van der Waals surface area contributed by atoms with Gasteiger partial charge in [0.1, 0.15) is 5.75 Å². The van der Waals surface area contributed by atoms with E-state index >= 15 is 0 Å². The molecule has 2 amide bonds. The Morgan fingerprint density at radius 1 is 1.15 bits per heavy atom. The molecule has 0 radical (unpaired) electrons. The van der Waals surface area contributed by atoms with E-state index in [9.17, 15) is 14.7 Å². The topological polar surface area (TPSA) is 87.7 Å². The fourth-order valence-corrected chi connectivity index (χ4v) is 2.78. The zero-order valence-electron chi connectivity index (χ0n) is 15.5. The molecular weight excluding hydrogens is 412 g/mol. The number of amides is 2. The van der Waals surface area contributed by atoms with E-state index in [0.717, 1.165) is 5.56 Å². The lowest BCUT2D eigenvalue weighted by molar-refractivity contribution is -0.122. The second kappa shape index (κ2) is 9.01. The van der Waals surface area contributed by atoms with Crippen molar-refractivity contribution < 1.29 is 19.4 Å². The zero-order chi connectivity index (χ0) is 20.0. The first-order chi connectivity index (χ1) is 12.7. The van der Waals surface area contributed by atoms with Crippen molar-refractivity contribution in [3.05, 3.63) is 58.1 Å². The van der Waals surface area contributed by atoms with Crippen molar-refractivity contribution in [2.24, 2.45) is 0 Å². The van der Waals surface area contributed by atoms with Crippen molar-refractivity contribution in [3.63, 3.8) is 0 Å². The monoisotopic (exact) mass is 434 g/mol. The maximum Gasteiger partial charge on any atom is 0.256 e. The second-order valence-corrected chi connectivity index (χ2v) is 7.62. The highest BCUT2D eigenvalue weighted by Gasteiger charge is 2.19. The Morgan fingerprint density at radius 2 is 1.81 bits per heavy atom. The fourth-order valence-electron chi connectivity index (χ4n) is 2.36. The highest BCUT2D eigenvalue weighted by atomic mass is 79.9. The van der Waals surface area contributed by atoms with E-state index in [-0.39, 0.29) is 24.8 Å². The molecule has 0 unspecified atom stereocenters. The summed E-state index contributed by atoms with van der Waals surface area (Å²) in [5.74, 6) is 0.151. The van der Waals surface area contributed by atoms with Crippen LogP contribution in [0.5, 0.6) is 5.75 Å². The Balaban J connectivity index is 2.01. The molecule has 0 aliphatic rings. The number of hydrogen-bond acceptors (Lipinski definition) is 4. The van der Waals surface area contributed by atoms with E-state index in [1.54, 1.807) is 63.4 Å². The second-order valence-electron chi connectivity index (χ2n) is 6.76. The van der Waals surface area contributed by atoms with Crippen LogP contribution < -0.4 is 15.4 Å². The molecule has 2 aromatic carbocycles. The largest absolute Gasteiger partial charge is 0.497 e. The summed E-state index contributed by atoms with van der Waals surface area (Å²) in [6, 6.07) is 12.2. The summed E-state index contributed by atoms with van der Waals surface area (Å²) in [5, 5.41) is 14.8. The lowest BCUT2D eigenvalue weighted by Crippen LogP contribution is -2.46. The van der Waals surface area contributed by atoms with E-state index in [2.05, 4.69) is 26.6 Å². The molecule has 0 aliphatic carbocycles. The standard InChI is InChI=1S/C20H23BrN2O4/c1-20(2,12-24)23-18(25)10-13-4-6-14(7-5-13)22-19(26)16-11-15(27-3)8-9-17(16)21/h4-9,11,24H,10,12H2,1-3H3,(H,22,26)(H,23,25). The van der Waals surface area contributed by atoms with Crippen molar-refractivity contribution >= 4 is 33.4 Å². The molecule has 0 heterocycles. The average Bonchev–Trinajstić information content (AvgIpc) is 2.63. The van der Waals surface area contributed by atoms with Gasteiger partial charge in [-0.2, -0.15) is 0 Å². The smallest absolute Gasteiger partial charge is 0.256 e. The summed E-state index contributed by atoms with van der Waals surface area (Å²) in [5.41, 5.74) is 1.23. The van der Waals surface area contributed by atoms with Crippen LogP contribution in [0.3, 0.4) is 0 Å². The van der Waals surface area contributed by atoms with Gasteiger partial charge in [0.05, 0.1) is 31.2 Å². The number of nitrogens with one attached hydrogen (secondary N) is 2. The Labute approximate surface area is 167 Å². The van der Waals surface area contributed by atoms with Crippen molar-refractivity contribution in [1.82, 2.24) is 5.32 Å². The van der Waals surface area contributed by atoms with Gasteiger partial charge in [-0.05, 0) is 65.7 Å². The molecule has 27 heavy (non-hydrogen) atoms. The number of carbonyl (C=O) groups excluding carboxylic acids is 2. The summed E-state index contributed by atoms with van der Waals surface area (Å²) >= 11 is 3.36. The Morgan fingerprint density at radius 3 is 2.41 bits per heavy atom. The van der Waals surface area contributed by atoms with Gasteiger partial charge in [0.15, 0.2) is 0 Å². The number of anilines is 1. The summed E-state index contributed by atoms with van der Waals surface area (Å²) in [7, 11) is 1.54. The highest BCUT2D eigenvalue weighted by molar-refractivity contribution is 9.10. The van der Waals surface area contributed by atoms with Crippen LogP contribution in [0.25, 0.3) is 0 Å². The third-order valence-electron chi connectivity index (χ3n) is 3.87. The number of aliphatic hydroxyl groups excluding tert-OH is 1. The molecule has 6 nitrogen and oxygen atoms in total. The molecule has 0 atom stereocenters. The number of aliphatic hydroxyl groups is 1. The highest BCUT2D eigenvalue weighted by Crippen LogP contribution is 2.23. The van der Waals surface area contributed by atoms with Crippen LogP contribution in [-0.2, 0) is 11.2 Å². The van der Waals surface area contributed by atoms with Gasteiger partial charge in [-0.15, -0.1) is 0 Å². The predicted molar refractivity (Wildman–Crippen MR) is 108 cm³/mol. The Kier molecular flexibility index (Phi) is 6.98. The van der Waals surface area contributed by atoms with Crippen LogP contribution >= 0.6 is 15.9 Å². The molecule has 0 fully saturated rings. The molecule has 0 saturated carbocycles. The van der Waals surface area contributed by atoms with E-state index < -0.39 is 5.54 Å². The van der Waals surface area contributed by atoms with Crippen LogP contribution in [0.4, 0.5) is 5.69 Å².